The van der Waals surface area contributed by atoms with Gasteiger partial charge in [-0.2, -0.15) is 0 Å². The molecule has 27 heavy (non-hydrogen) atoms. The molecule has 3 nitrogen and oxygen atoms in total. The van der Waals surface area contributed by atoms with Gasteiger partial charge in [-0.05, 0) is 55.5 Å². The van der Waals surface area contributed by atoms with Crippen molar-refractivity contribution in [1.29, 1.82) is 0 Å². The normalized spacial score (nSPS) is 10.4. The summed E-state index contributed by atoms with van der Waals surface area (Å²) in [5.41, 5.74) is 2.71. The van der Waals surface area contributed by atoms with Crippen LogP contribution >= 0.6 is 0 Å². The minimum atomic E-state index is 0.744. The highest BCUT2D eigenvalue weighted by Gasteiger charge is 2.16. The lowest BCUT2D eigenvalue weighted by atomic mass is 10.0. The first-order chi connectivity index (χ1) is 13.3. The van der Waals surface area contributed by atoms with E-state index in [1.165, 1.54) is 0 Å². The number of hydrogen-bond acceptors (Lipinski definition) is 3. The molecule has 0 bridgehead atoms. The Balaban J connectivity index is 1.79. The number of para-hydroxylation sites is 2. The highest BCUT2D eigenvalue weighted by atomic mass is 16.5. The van der Waals surface area contributed by atoms with Crippen LogP contribution in [-0.4, -0.2) is 4.98 Å². The summed E-state index contributed by atoms with van der Waals surface area (Å²) in [6.07, 6.45) is 1.78. The summed E-state index contributed by atoms with van der Waals surface area (Å²) >= 11 is 0. The van der Waals surface area contributed by atoms with E-state index >= 15 is 0 Å². The molecular formula is C24H19NO2. The SMILES string of the molecule is Cc1c(Oc2ccccc2)ccc(-c2ccccn2)c1Oc1ccccc1. The van der Waals surface area contributed by atoms with E-state index in [1.807, 2.05) is 97.9 Å². The fourth-order valence-corrected chi connectivity index (χ4v) is 2.86. The van der Waals surface area contributed by atoms with Gasteiger partial charge in [-0.15, -0.1) is 0 Å². The molecule has 4 aromatic rings. The second-order valence-electron chi connectivity index (χ2n) is 6.11. The summed E-state index contributed by atoms with van der Waals surface area (Å²) in [6, 6.07) is 29.3. The summed E-state index contributed by atoms with van der Waals surface area (Å²) in [5, 5.41) is 0. The third-order valence-corrected chi connectivity index (χ3v) is 4.23. The zero-order valence-corrected chi connectivity index (χ0v) is 15.0. The van der Waals surface area contributed by atoms with Gasteiger partial charge in [0.15, 0.2) is 0 Å². The van der Waals surface area contributed by atoms with Crippen LogP contribution in [0.5, 0.6) is 23.0 Å². The quantitative estimate of drug-likeness (QED) is 0.403. The zero-order chi connectivity index (χ0) is 18.5. The first-order valence-corrected chi connectivity index (χ1v) is 8.82. The van der Waals surface area contributed by atoms with Crippen LogP contribution in [0.1, 0.15) is 5.56 Å². The molecule has 1 heterocycles. The van der Waals surface area contributed by atoms with Gasteiger partial charge < -0.3 is 9.47 Å². The van der Waals surface area contributed by atoms with E-state index in [1.54, 1.807) is 6.20 Å². The molecule has 0 atom stereocenters. The van der Waals surface area contributed by atoms with E-state index in [4.69, 9.17) is 9.47 Å². The number of nitrogens with zero attached hydrogens (tertiary/aromatic N) is 1. The van der Waals surface area contributed by atoms with Crippen LogP contribution in [0.4, 0.5) is 0 Å². The van der Waals surface area contributed by atoms with Crippen molar-refractivity contribution in [3.05, 3.63) is 103 Å². The fraction of sp³-hybridized carbons (Fsp3) is 0.0417. The standard InChI is InChI=1S/C24H19NO2/c1-18-23(26-19-10-4-2-5-11-19)16-15-21(22-14-8-9-17-25-22)24(18)27-20-12-6-3-7-13-20/h2-17H,1H3. The maximum Gasteiger partial charge on any atom is 0.143 e. The molecule has 3 aromatic carbocycles. The summed E-state index contributed by atoms with van der Waals surface area (Å²) in [5.74, 6) is 3.06. The predicted molar refractivity (Wildman–Crippen MR) is 107 cm³/mol. The first kappa shape index (κ1) is 16.9. The van der Waals surface area contributed by atoms with Crippen LogP contribution in [0.2, 0.25) is 0 Å². The van der Waals surface area contributed by atoms with Crippen LogP contribution < -0.4 is 9.47 Å². The van der Waals surface area contributed by atoms with Crippen LogP contribution in [0.25, 0.3) is 11.3 Å². The van der Waals surface area contributed by atoms with E-state index in [9.17, 15) is 0 Å². The van der Waals surface area contributed by atoms with Gasteiger partial charge in [-0.25, -0.2) is 0 Å². The number of aromatic nitrogens is 1. The van der Waals surface area contributed by atoms with Gasteiger partial charge in [0.25, 0.3) is 0 Å². The number of benzene rings is 3. The van der Waals surface area contributed by atoms with Crippen LogP contribution in [-0.2, 0) is 0 Å². The van der Waals surface area contributed by atoms with Gasteiger partial charge in [0.05, 0.1) is 5.69 Å². The van der Waals surface area contributed by atoms with E-state index in [2.05, 4.69) is 4.98 Å². The minimum absolute atomic E-state index is 0.744. The predicted octanol–water partition coefficient (Wildman–Crippen LogP) is 6.64. The Kier molecular flexibility index (Phi) is 4.84. The Morgan fingerprint density at radius 3 is 1.89 bits per heavy atom. The molecule has 0 N–H and O–H groups in total. The third-order valence-electron chi connectivity index (χ3n) is 4.23. The van der Waals surface area contributed by atoms with Crippen molar-refractivity contribution in [3.8, 4) is 34.3 Å². The van der Waals surface area contributed by atoms with Gasteiger partial charge in [0, 0.05) is 17.3 Å². The molecule has 0 spiro atoms. The lowest BCUT2D eigenvalue weighted by Gasteiger charge is -2.17. The van der Waals surface area contributed by atoms with Crippen molar-refractivity contribution in [1.82, 2.24) is 4.98 Å². The maximum atomic E-state index is 6.25. The molecular weight excluding hydrogens is 334 g/mol. The Labute approximate surface area is 158 Å². The lowest BCUT2D eigenvalue weighted by Crippen LogP contribution is -1.96. The molecule has 0 aliphatic carbocycles. The maximum absolute atomic E-state index is 6.25. The molecule has 3 heteroatoms. The fourth-order valence-electron chi connectivity index (χ4n) is 2.86. The summed E-state index contributed by atoms with van der Waals surface area (Å²) in [6.45, 7) is 2.00. The topological polar surface area (TPSA) is 31.4 Å². The summed E-state index contributed by atoms with van der Waals surface area (Å²) < 4.78 is 12.3. The molecule has 132 valence electrons. The Bertz CT molecular complexity index is 1020. The van der Waals surface area contributed by atoms with E-state index in [0.717, 1.165) is 39.8 Å². The second kappa shape index (κ2) is 7.75. The van der Waals surface area contributed by atoms with Crippen molar-refractivity contribution in [2.45, 2.75) is 6.92 Å². The van der Waals surface area contributed by atoms with Gasteiger partial charge in [-0.1, -0.05) is 42.5 Å². The van der Waals surface area contributed by atoms with Crippen molar-refractivity contribution >= 4 is 0 Å². The average molecular weight is 353 g/mol. The van der Waals surface area contributed by atoms with E-state index in [0.29, 0.717) is 0 Å². The van der Waals surface area contributed by atoms with E-state index in [-0.39, 0.29) is 0 Å². The molecule has 0 saturated carbocycles. The van der Waals surface area contributed by atoms with Crippen LogP contribution in [0.15, 0.2) is 97.2 Å². The monoisotopic (exact) mass is 353 g/mol. The zero-order valence-electron chi connectivity index (χ0n) is 15.0. The largest absolute Gasteiger partial charge is 0.457 e. The van der Waals surface area contributed by atoms with Gasteiger partial charge in [-0.3, -0.25) is 4.98 Å². The van der Waals surface area contributed by atoms with Crippen molar-refractivity contribution < 1.29 is 9.47 Å². The average Bonchev–Trinajstić information content (AvgIpc) is 2.73. The molecule has 0 unspecified atom stereocenters. The molecule has 4 rings (SSSR count). The van der Waals surface area contributed by atoms with Crippen molar-refractivity contribution in [3.63, 3.8) is 0 Å². The summed E-state index contributed by atoms with van der Waals surface area (Å²) in [7, 11) is 0. The van der Waals surface area contributed by atoms with Gasteiger partial charge >= 0.3 is 0 Å². The van der Waals surface area contributed by atoms with Crippen LogP contribution in [0.3, 0.4) is 0 Å². The highest BCUT2D eigenvalue weighted by molar-refractivity contribution is 5.72. The Morgan fingerprint density at radius 1 is 0.630 bits per heavy atom. The molecule has 0 aliphatic rings. The van der Waals surface area contributed by atoms with Crippen molar-refractivity contribution in [2.24, 2.45) is 0 Å². The molecule has 0 amide bonds. The van der Waals surface area contributed by atoms with Crippen LogP contribution in [0, 0.1) is 6.92 Å². The molecule has 0 saturated heterocycles. The summed E-state index contributed by atoms with van der Waals surface area (Å²) in [4.78, 5) is 4.49. The second-order valence-corrected chi connectivity index (χ2v) is 6.11. The van der Waals surface area contributed by atoms with E-state index < -0.39 is 0 Å². The molecule has 0 fully saturated rings. The minimum Gasteiger partial charge on any atom is -0.457 e. The smallest absolute Gasteiger partial charge is 0.143 e. The number of ether oxygens (including phenoxy) is 2. The third kappa shape index (κ3) is 3.82. The van der Waals surface area contributed by atoms with Gasteiger partial charge in [0.2, 0.25) is 0 Å². The Morgan fingerprint density at radius 2 is 1.26 bits per heavy atom. The van der Waals surface area contributed by atoms with Gasteiger partial charge in [0.1, 0.15) is 23.0 Å². The first-order valence-electron chi connectivity index (χ1n) is 8.82. The Hall–Kier alpha value is -3.59. The molecule has 0 radical (unpaired) electrons. The molecule has 1 aromatic heterocycles. The highest BCUT2D eigenvalue weighted by Crippen LogP contribution is 2.41. The number of rotatable bonds is 5. The number of pyridine rings is 1. The lowest BCUT2D eigenvalue weighted by molar-refractivity contribution is 0.455. The number of hydrogen-bond donors (Lipinski definition) is 0. The molecule has 0 aliphatic heterocycles. The van der Waals surface area contributed by atoms with Crippen molar-refractivity contribution in [2.75, 3.05) is 0 Å².